The summed E-state index contributed by atoms with van der Waals surface area (Å²) in [6, 6.07) is 8.38. The zero-order chi connectivity index (χ0) is 12.8. The molecule has 0 unspecified atom stereocenters. The molecule has 2 aromatic heterocycles. The molecule has 5 heteroatoms. The minimum Gasteiger partial charge on any atom is -0.348 e. The van der Waals surface area contributed by atoms with E-state index in [4.69, 9.17) is 11.6 Å². The van der Waals surface area contributed by atoms with E-state index < -0.39 is 0 Å². The number of imidazole rings is 1. The molecular weight excluding hydrogens is 278 g/mol. The van der Waals surface area contributed by atoms with Crippen molar-refractivity contribution in [3.05, 3.63) is 51.9 Å². The molecule has 3 nitrogen and oxygen atoms in total. The number of hydrogen-bond donors (Lipinski definition) is 2. The Morgan fingerprint density at radius 2 is 2.21 bits per heavy atom. The van der Waals surface area contributed by atoms with Crippen LogP contribution in [0.5, 0.6) is 0 Å². The lowest BCUT2D eigenvalue weighted by Crippen LogP contribution is -2.30. The quantitative estimate of drug-likeness (QED) is 0.720. The van der Waals surface area contributed by atoms with Gasteiger partial charge in [-0.2, -0.15) is 0 Å². The van der Waals surface area contributed by atoms with Gasteiger partial charge in [0.2, 0.25) is 0 Å². The van der Waals surface area contributed by atoms with Crippen LogP contribution < -0.4 is 5.32 Å². The van der Waals surface area contributed by atoms with Gasteiger partial charge in [0.15, 0.2) is 0 Å². The lowest BCUT2D eigenvalue weighted by atomic mass is 10.0. The van der Waals surface area contributed by atoms with Crippen molar-refractivity contribution in [1.29, 1.82) is 0 Å². The van der Waals surface area contributed by atoms with E-state index in [2.05, 4.69) is 27.4 Å². The van der Waals surface area contributed by atoms with Gasteiger partial charge in [0, 0.05) is 33.6 Å². The highest BCUT2D eigenvalue weighted by Gasteiger charge is 2.27. The van der Waals surface area contributed by atoms with Crippen molar-refractivity contribution in [3.8, 4) is 0 Å². The second kappa shape index (κ2) is 4.34. The van der Waals surface area contributed by atoms with Crippen LogP contribution in [0.2, 0.25) is 5.02 Å². The number of hydrogen-bond acceptors (Lipinski definition) is 3. The maximum absolute atomic E-state index is 6.56. The SMILES string of the molecule is Clc1c([C@H]2NCCc3[nH]cnc32)sc2ccccc12. The molecule has 3 heterocycles. The maximum Gasteiger partial charge on any atom is 0.0926 e. The number of halogens is 1. The molecule has 0 amide bonds. The molecule has 0 saturated heterocycles. The molecule has 4 rings (SSSR count). The van der Waals surface area contributed by atoms with E-state index in [9.17, 15) is 0 Å². The Labute approximate surface area is 119 Å². The molecule has 0 fully saturated rings. The van der Waals surface area contributed by atoms with Crippen molar-refractivity contribution in [2.24, 2.45) is 0 Å². The van der Waals surface area contributed by atoms with E-state index in [-0.39, 0.29) is 6.04 Å². The maximum atomic E-state index is 6.56. The summed E-state index contributed by atoms with van der Waals surface area (Å²) in [6.45, 7) is 0.949. The Bertz CT molecular complexity index is 746. The lowest BCUT2D eigenvalue weighted by molar-refractivity contribution is 0.560. The molecule has 3 aromatic rings. The summed E-state index contributed by atoms with van der Waals surface area (Å²) >= 11 is 8.31. The van der Waals surface area contributed by atoms with E-state index in [0.717, 1.165) is 33.9 Å². The van der Waals surface area contributed by atoms with E-state index in [1.165, 1.54) is 10.4 Å². The normalized spacial score (nSPS) is 18.7. The zero-order valence-electron chi connectivity index (χ0n) is 10.1. The molecule has 2 N–H and O–H groups in total. The largest absolute Gasteiger partial charge is 0.348 e. The summed E-state index contributed by atoms with van der Waals surface area (Å²) in [5.74, 6) is 0. The standard InChI is InChI=1S/C14H12ClN3S/c15-11-8-3-1-2-4-10(8)19-14(11)13-12-9(5-6-16-13)17-7-18-12/h1-4,7,13,16H,5-6H2,(H,17,18)/t13-/m0/s1. The highest BCUT2D eigenvalue weighted by atomic mass is 35.5. The molecular formula is C14H12ClN3S. The van der Waals surface area contributed by atoms with Gasteiger partial charge in [0.25, 0.3) is 0 Å². The van der Waals surface area contributed by atoms with Gasteiger partial charge in [0.05, 0.1) is 23.1 Å². The van der Waals surface area contributed by atoms with Crippen LogP contribution >= 0.6 is 22.9 Å². The monoisotopic (exact) mass is 289 g/mol. The number of H-pyrrole nitrogens is 1. The third-order valence-electron chi connectivity index (χ3n) is 3.57. The van der Waals surface area contributed by atoms with E-state index in [0.29, 0.717) is 0 Å². The van der Waals surface area contributed by atoms with Gasteiger partial charge in [-0.05, 0) is 6.07 Å². The number of fused-ring (bicyclic) bond motifs is 2. The second-order valence-corrected chi connectivity index (χ2v) is 6.14. The fourth-order valence-electron chi connectivity index (χ4n) is 2.65. The summed E-state index contributed by atoms with van der Waals surface area (Å²) < 4.78 is 1.23. The Balaban J connectivity index is 1.90. The minimum atomic E-state index is 0.111. The summed E-state index contributed by atoms with van der Waals surface area (Å²) in [4.78, 5) is 8.84. The van der Waals surface area contributed by atoms with Crippen molar-refractivity contribution in [2.45, 2.75) is 12.5 Å². The highest BCUT2D eigenvalue weighted by Crippen LogP contribution is 2.41. The average Bonchev–Trinajstić information content (AvgIpc) is 3.04. The third kappa shape index (κ3) is 1.71. The Morgan fingerprint density at radius 3 is 3.11 bits per heavy atom. The van der Waals surface area contributed by atoms with Crippen molar-refractivity contribution < 1.29 is 0 Å². The molecule has 19 heavy (non-hydrogen) atoms. The summed E-state index contributed by atoms with van der Waals surface area (Å²) in [6.07, 6.45) is 2.76. The van der Waals surface area contributed by atoms with Gasteiger partial charge in [-0.15, -0.1) is 11.3 Å². The lowest BCUT2D eigenvalue weighted by Gasteiger charge is -2.22. The number of aromatic amines is 1. The van der Waals surface area contributed by atoms with Gasteiger partial charge in [-0.1, -0.05) is 29.8 Å². The molecule has 0 bridgehead atoms. The number of nitrogens with one attached hydrogen (secondary N) is 2. The molecule has 0 spiro atoms. The number of rotatable bonds is 1. The topological polar surface area (TPSA) is 40.7 Å². The second-order valence-electron chi connectivity index (χ2n) is 4.68. The van der Waals surface area contributed by atoms with Gasteiger partial charge in [-0.3, -0.25) is 0 Å². The Kier molecular flexibility index (Phi) is 2.62. The van der Waals surface area contributed by atoms with Crippen molar-refractivity contribution >= 4 is 33.0 Å². The fourth-order valence-corrected chi connectivity index (χ4v) is 4.28. The first kappa shape index (κ1) is 11.5. The van der Waals surface area contributed by atoms with Gasteiger partial charge in [-0.25, -0.2) is 4.98 Å². The summed E-state index contributed by atoms with van der Waals surface area (Å²) in [5.41, 5.74) is 2.30. The number of benzene rings is 1. The average molecular weight is 290 g/mol. The minimum absolute atomic E-state index is 0.111. The van der Waals surface area contributed by atoms with E-state index in [1.807, 2.05) is 12.1 Å². The highest BCUT2D eigenvalue weighted by molar-refractivity contribution is 7.19. The Hall–Kier alpha value is -1.36. The van der Waals surface area contributed by atoms with Gasteiger partial charge in [0.1, 0.15) is 0 Å². The smallest absolute Gasteiger partial charge is 0.0926 e. The van der Waals surface area contributed by atoms with Crippen LogP contribution in [0.1, 0.15) is 22.3 Å². The van der Waals surface area contributed by atoms with E-state index in [1.54, 1.807) is 17.7 Å². The van der Waals surface area contributed by atoms with Crippen molar-refractivity contribution in [1.82, 2.24) is 15.3 Å². The molecule has 96 valence electrons. The molecule has 0 radical (unpaired) electrons. The first-order valence-electron chi connectivity index (χ1n) is 6.27. The number of nitrogens with zero attached hydrogens (tertiary/aromatic N) is 1. The number of aromatic nitrogens is 2. The zero-order valence-corrected chi connectivity index (χ0v) is 11.7. The number of thiophene rings is 1. The van der Waals surface area contributed by atoms with Crippen LogP contribution in [0.25, 0.3) is 10.1 Å². The Morgan fingerprint density at radius 1 is 1.32 bits per heavy atom. The molecule has 1 aliphatic heterocycles. The van der Waals surface area contributed by atoms with Crippen molar-refractivity contribution in [2.75, 3.05) is 6.54 Å². The first-order chi connectivity index (χ1) is 9.34. The van der Waals surface area contributed by atoms with Crippen LogP contribution in [-0.2, 0) is 6.42 Å². The van der Waals surface area contributed by atoms with Crippen LogP contribution in [0, 0.1) is 0 Å². The van der Waals surface area contributed by atoms with Crippen LogP contribution in [0.15, 0.2) is 30.6 Å². The molecule has 1 aliphatic rings. The third-order valence-corrected chi connectivity index (χ3v) is 5.33. The van der Waals surface area contributed by atoms with Crippen LogP contribution in [0.4, 0.5) is 0 Å². The predicted octanol–water partition coefficient (Wildman–Crippen LogP) is 3.51. The molecule has 1 aromatic carbocycles. The molecule has 0 saturated carbocycles. The van der Waals surface area contributed by atoms with Crippen molar-refractivity contribution in [3.63, 3.8) is 0 Å². The molecule has 0 aliphatic carbocycles. The summed E-state index contributed by atoms with van der Waals surface area (Å²) in [5, 5.41) is 5.51. The van der Waals surface area contributed by atoms with Gasteiger partial charge < -0.3 is 10.3 Å². The molecule has 1 atom stereocenters. The van der Waals surface area contributed by atoms with Crippen LogP contribution in [-0.4, -0.2) is 16.5 Å². The first-order valence-corrected chi connectivity index (χ1v) is 7.46. The predicted molar refractivity (Wildman–Crippen MR) is 79.0 cm³/mol. The van der Waals surface area contributed by atoms with E-state index >= 15 is 0 Å². The van der Waals surface area contributed by atoms with Crippen LogP contribution in [0.3, 0.4) is 0 Å². The summed E-state index contributed by atoms with van der Waals surface area (Å²) in [7, 11) is 0. The van der Waals surface area contributed by atoms with Gasteiger partial charge >= 0.3 is 0 Å². The fraction of sp³-hybridized carbons (Fsp3) is 0.214.